The fourth-order valence-corrected chi connectivity index (χ4v) is 6.58. The molecule has 1 amide bonds. The number of amides is 1. The molecule has 5 nitrogen and oxygen atoms in total. The smallest absolute Gasteiger partial charge is 0.228 e. The zero-order valence-electron chi connectivity index (χ0n) is 15.0. The molecule has 2 aliphatic carbocycles. The maximum atomic E-state index is 13.1. The number of alkyl halides is 1. The van der Waals surface area contributed by atoms with Crippen LogP contribution in [0, 0.1) is 16.2 Å². The topological polar surface area (TPSA) is 59.8 Å². The average molecular weight is 402 g/mol. The number of Topliss-reactive ketones (excluding diaryl/α,β-unsaturated/α-hetero) is 1. The molecule has 1 aliphatic heterocycles. The number of quaternary nitrogens is 1. The molecule has 2 N–H and O–H groups in total. The Morgan fingerprint density at radius 1 is 1.29 bits per heavy atom. The number of ketones is 1. The number of rotatable bonds is 5. The van der Waals surface area contributed by atoms with Crippen molar-refractivity contribution in [1.29, 1.82) is 0 Å². The number of carbonyl (C=O) groups excluding carboxylic acids is 2. The summed E-state index contributed by atoms with van der Waals surface area (Å²) in [5.41, 5.74) is -1.31. The first-order chi connectivity index (χ1) is 11.3. The molecule has 2 saturated carbocycles. The minimum Gasteiger partial charge on any atom is -0.370 e. The molecule has 3 aliphatic rings. The molecule has 1 heterocycles. The van der Waals surface area contributed by atoms with Crippen LogP contribution in [-0.4, -0.2) is 55.9 Å². The van der Waals surface area contributed by atoms with Crippen LogP contribution in [0.2, 0.25) is 0 Å². The van der Waals surface area contributed by atoms with E-state index in [4.69, 9.17) is 4.74 Å². The van der Waals surface area contributed by atoms with Crippen molar-refractivity contribution in [3.05, 3.63) is 0 Å². The van der Waals surface area contributed by atoms with Crippen LogP contribution >= 0.6 is 15.9 Å². The maximum absolute atomic E-state index is 13.1. The van der Waals surface area contributed by atoms with Crippen molar-refractivity contribution < 1.29 is 19.2 Å². The van der Waals surface area contributed by atoms with E-state index in [0.29, 0.717) is 6.54 Å². The van der Waals surface area contributed by atoms with Gasteiger partial charge in [0.15, 0.2) is 5.78 Å². The van der Waals surface area contributed by atoms with Gasteiger partial charge in [-0.05, 0) is 18.3 Å². The quantitative estimate of drug-likeness (QED) is 0.522. The number of nitrogens with one attached hydrogen (secondary N) is 2. The molecule has 1 saturated heterocycles. The Balaban J connectivity index is 1.59. The third kappa shape index (κ3) is 2.40. The summed E-state index contributed by atoms with van der Waals surface area (Å²) in [6, 6.07) is 0. The van der Waals surface area contributed by atoms with E-state index >= 15 is 0 Å². The zero-order valence-corrected chi connectivity index (χ0v) is 16.6. The highest BCUT2D eigenvalue weighted by molar-refractivity contribution is 9.10. The monoisotopic (exact) mass is 401 g/mol. The third-order valence-corrected chi connectivity index (χ3v) is 8.52. The van der Waals surface area contributed by atoms with E-state index in [1.165, 1.54) is 0 Å². The van der Waals surface area contributed by atoms with Gasteiger partial charge in [0.2, 0.25) is 5.91 Å². The molecule has 0 aromatic rings. The van der Waals surface area contributed by atoms with Crippen molar-refractivity contribution in [3.63, 3.8) is 0 Å². The lowest BCUT2D eigenvalue weighted by Gasteiger charge is -2.39. The van der Waals surface area contributed by atoms with Gasteiger partial charge >= 0.3 is 0 Å². The minimum absolute atomic E-state index is 0.0564. The normalized spacial score (nSPS) is 38.5. The SMILES string of the molecule is CC1(C)[C@@]2(C)CC[C@]1(C(=O)NCCC[NH+]1CCOCC1)[C@H](Br)C2=O. The van der Waals surface area contributed by atoms with Crippen LogP contribution in [0.5, 0.6) is 0 Å². The summed E-state index contributed by atoms with van der Waals surface area (Å²) < 4.78 is 5.37. The molecule has 24 heavy (non-hydrogen) atoms. The van der Waals surface area contributed by atoms with Crippen LogP contribution in [0.15, 0.2) is 0 Å². The Kier molecular flexibility index (Phi) is 4.86. The van der Waals surface area contributed by atoms with Crippen molar-refractivity contribution in [2.45, 2.75) is 44.9 Å². The highest BCUT2D eigenvalue weighted by Gasteiger charge is 2.76. The second-order valence-electron chi connectivity index (χ2n) is 8.38. The highest BCUT2D eigenvalue weighted by atomic mass is 79.9. The standard InChI is InChI=1S/C18H29BrN2O3/c1-16(2)17(3)5-6-18(16,13(19)14(17)22)15(23)20-7-4-8-21-9-11-24-12-10-21/h13H,4-12H2,1-3H3,(H,20,23)/p+1/t13-,17+,18-/m1/s1. The van der Waals surface area contributed by atoms with Gasteiger partial charge in [0.25, 0.3) is 0 Å². The third-order valence-electron chi connectivity index (χ3n) is 7.32. The number of carbonyl (C=O) groups is 2. The van der Waals surface area contributed by atoms with E-state index in [2.05, 4.69) is 35.1 Å². The average Bonchev–Trinajstić information content (AvgIpc) is 2.84. The second-order valence-corrected chi connectivity index (χ2v) is 9.29. The molecular weight excluding hydrogens is 372 g/mol. The molecule has 0 radical (unpaired) electrons. The first kappa shape index (κ1) is 18.3. The van der Waals surface area contributed by atoms with Gasteiger partial charge < -0.3 is 15.0 Å². The molecule has 0 aromatic carbocycles. The first-order valence-corrected chi connectivity index (χ1v) is 10.1. The summed E-state index contributed by atoms with van der Waals surface area (Å²) in [6.07, 6.45) is 2.57. The highest BCUT2D eigenvalue weighted by Crippen LogP contribution is 2.72. The number of ether oxygens (including phenoxy) is 1. The fourth-order valence-electron chi connectivity index (χ4n) is 5.06. The maximum Gasteiger partial charge on any atom is 0.228 e. The molecule has 136 valence electrons. The molecule has 3 rings (SSSR count). The van der Waals surface area contributed by atoms with Crippen LogP contribution in [0.3, 0.4) is 0 Å². The number of hydrogen-bond donors (Lipinski definition) is 2. The van der Waals surface area contributed by atoms with Crippen LogP contribution in [0.1, 0.15) is 40.0 Å². The first-order valence-electron chi connectivity index (χ1n) is 9.15. The van der Waals surface area contributed by atoms with Gasteiger partial charge in [-0.25, -0.2) is 0 Å². The van der Waals surface area contributed by atoms with Crippen molar-refractivity contribution in [2.24, 2.45) is 16.2 Å². The predicted octanol–water partition coefficient (Wildman–Crippen LogP) is 0.567. The second kappa shape index (κ2) is 6.36. The summed E-state index contributed by atoms with van der Waals surface area (Å²) in [4.78, 5) is 27.0. The molecule has 6 heteroatoms. The van der Waals surface area contributed by atoms with E-state index in [1.54, 1.807) is 4.90 Å². The summed E-state index contributed by atoms with van der Waals surface area (Å²) >= 11 is 3.57. The van der Waals surface area contributed by atoms with Crippen LogP contribution in [-0.2, 0) is 14.3 Å². The van der Waals surface area contributed by atoms with Gasteiger partial charge in [0.05, 0.1) is 30.0 Å². The molecule has 0 aromatic heterocycles. The summed E-state index contributed by atoms with van der Waals surface area (Å²) in [5, 5.41) is 3.14. The predicted molar refractivity (Wildman–Crippen MR) is 95.3 cm³/mol. The van der Waals surface area contributed by atoms with Crippen LogP contribution in [0.25, 0.3) is 0 Å². The molecule has 2 bridgehead atoms. The van der Waals surface area contributed by atoms with Crippen LogP contribution < -0.4 is 10.2 Å². The Morgan fingerprint density at radius 3 is 2.54 bits per heavy atom. The summed E-state index contributed by atoms with van der Waals surface area (Å²) in [6.45, 7) is 11.8. The van der Waals surface area contributed by atoms with Crippen molar-refractivity contribution in [3.8, 4) is 0 Å². The van der Waals surface area contributed by atoms with E-state index in [-0.39, 0.29) is 21.9 Å². The zero-order chi connectivity index (χ0) is 17.6. The van der Waals surface area contributed by atoms with Crippen LogP contribution in [0.4, 0.5) is 0 Å². The molecule has 0 unspecified atom stereocenters. The van der Waals surface area contributed by atoms with Gasteiger partial charge in [-0.15, -0.1) is 0 Å². The van der Waals surface area contributed by atoms with Gasteiger partial charge in [-0.1, -0.05) is 36.7 Å². The minimum atomic E-state index is -0.606. The Hall–Kier alpha value is -0.460. The van der Waals surface area contributed by atoms with Gasteiger partial charge in [0, 0.05) is 18.4 Å². The molecule has 3 atom stereocenters. The van der Waals surface area contributed by atoms with Crippen molar-refractivity contribution in [1.82, 2.24) is 5.32 Å². The lowest BCUT2D eigenvalue weighted by Crippen LogP contribution is -3.14. The fraction of sp³-hybridized carbons (Fsp3) is 0.889. The molecule has 0 spiro atoms. The van der Waals surface area contributed by atoms with Crippen molar-refractivity contribution >= 4 is 27.6 Å². The van der Waals surface area contributed by atoms with Gasteiger partial charge in [-0.2, -0.15) is 0 Å². The summed E-state index contributed by atoms with van der Waals surface area (Å²) in [5.74, 6) is 0.257. The Labute approximate surface area is 153 Å². The van der Waals surface area contributed by atoms with Crippen molar-refractivity contribution in [2.75, 3.05) is 39.4 Å². The number of fused-ring (bicyclic) bond motifs is 2. The lowest BCUT2D eigenvalue weighted by molar-refractivity contribution is -0.908. The Bertz CT molecular complexity index is 532. The molecular formula is C18H30BrN2O3+. The van der Waals surface area contributed by atoms with Gasteiger partial charge in [0.1, 0.15) is 13.1 Å². The van der Waals surface area contributed by atoms with E-state index < -0.39 is 10.8 Å². The largest absolute Gasteiger partial charge is 0.370 e. The van der Waals surface area contributed by atoms with E-state index in [9.17, 15) is 9.59 Å². The number of morpholine rings is 1. The van der Waals surface area contributed by atoms with Gasteiger partial charge in [-0.3, -0.25) is 9.59 Å². The van der Waals surface area contributed by atoms with E-state index in [1.807, 2.05) is 6.92 Å². The Morgan fingerprint density at radius 2 is 1.96 bits per heavy atom. The number of hydrogen-bond acceptors (Lipinski definition) is 3. The summed E-state index contributed by atoms with van der Waals surface area (Å²) in [7, 11) is 0. The van der Waals surface area contributed by atoms with E-state index in [0.717, 1.165) is 52.1 Å². The molecule has 3 fully saturated rings. The lowest BCUT2D eigenvalue weighted by atomic mass is 9.64. The number of halogens is 1.